The first kappa shape index (κ1) is 18.7. The van der Waals surface area contributed by atoms with Crippen molar-refractivity contribution in [3.8, 4) is 5.69 Å². The molecule has 0 aliphatic heterocycles. The number of benzene rings is 2. The highest BCUT2D eigenvalue weighted by molar-refractivity contribution is 5.92. The Labute approximate surface area is 168 Å². The molecule has 1 N–H and O–H groups in total. The van der Waals surface area contributed by atoms with Crippen molar-refractivity contribution in [1.82, 2.24) is 14.3 Å². The molecule has 0 atom stereocenters. The van der Waals surface area contributed by atoms with Crippen LogP contribution in [0.15, 0.2) is 65.5 Å². The Morgan fingerprint density at radius 1 is 0.966 bits per heavy atom. The lowest BCUT2D eigenvalue weighted by atomic mass is 10.1. The van der Waals surface area contributed by atoms with Gasteiger partial charge in [0.2, 0.25) is 5.91 Å². The number of rotatable bonds is 4. The van der Waals surface area contributed by atoms with Crippen molar-refractivity contribution in [3.05, 3.63) is 87.8 Å². The maximum Gasteiger partial charge on any atom is 0.252 e. The van der Waals surface area contributed by atoms with E-state index in [4.69, 9.17) is 0 Å². The first-order valence-electron chi connectivity index (χ1n) is 9.46. The molecule has 0 radical (unpaired) electrons. The van der Waals surface area contributed by atoms with E-state index in [-0.39, 0.29) is 18.0 Å². The molecule has 4 rings (SSSR count). The number of aryl methyl sites for hydroxylation is 3. The molecule has 146 valence electrons. The van der Waals surface area contributed by atoms with Crippen molar-refractivity contribution in [2.24, 2.45) is 0 Å². The van der Waals surface area contributed by atoms with Gasteiger partial charge in [0.1, 0.15) is 12.2 Å². The molecule has 0 aliphatic carbocycles. The second kappa shape index (κ2) is 7.39. The summed E-state index contributed by atoms with van der Waals surface area (Å²) in [5.41, 5.74) is 4.60. The van der Waals surface area contributed by atoms with Crippen molar-refractivity contribution in [3.63, 3.8) is 0 Å². The minimum absolute atomic E-state index is 0.0953. The molecule has 4 aromatic rings. The van der Waals surface area contributed by atoms with Crippen LogP contribution in [0.4, 0.5) is 5.69 Å². The predicted octanol–water partition coefficient (Wildman–Crippen LogP) is 3.75. The van der Waals surface area contributed by atoms with Crippen LogP contribution >= 0.6 is 0 Å². The standard InChI is InChI=1S/C23H22N4O2/c1-15-9-7-8-12-19(15)24-20(28)14-26-21(29)13-16(2)22-17(3)25-27(23(22)26)18-10-5-4-6-11-18/h4-13H,14H2,1-3H3,(H,24,28). The van der Waals surface area contributed by atoms with Crippen LogP contribution in [-0.4, -0.2) is 20.3 Å². The van der Waals surface area contributed by atoms with Gasteiger partial charge in [-0.2, -0.15) is 5.10 Å². The van der Waals surface area contributed by atoms with Crippen molar-refractivity contribution in [2.45, 2.75) is 27.3 Å². The zero-order valence-electron chi connectivity index (χ0n) is 16.6. The molecule has 2 heterocycles. The number of fused-ring (bicyclic) bond motifs is 1. The minimum atomic E-state index is -0.259. The van der Waals surface area contributed by atoms with Crippen molar-refractivity contribution in [2.75, 3.05) is 5.32 Å². The SMILES string of the molecule is Cc1ccccc1NC(=O)Cn1c(=O)cc(C)c2c(C)nn(-c3ccccc3)c21. The topological polar surface area (TPSA) is 68.9 Å². The number of hydrogen-bond donors (Lipinski definition) is 1. The fourth-order valence-electron chi connectivity index (χ4n) is 3.61. The average molecular weight is 386 g/mol. The highest BCUT2D eigenvalue weighted by atomic mass is 16.2. The van der Waals surface area contributed by atoms with Gasteiger partial charge in [0, 0.05) is 17.1 Å². The number of carbonyl (C=O) groups excluding carboxylic acids is 1. The smallest absolute Gasteiger partial charge is 0.252 e. The number of amides is 1. The summed E-state index contributed by atoms with van der Waals surface area (Å²) in [6, 6.07) is 18.7. The molecular formula is C23H22N4O2. The van der Waals surface area contributed by atoms with E-state index in [1.54, 1.807) is 10.7 Å². The van der Waals surface area contributed by atoms with Crippen molar-refractivity contribution >= 4 is 22.6 Å². The van der Waals surface area contributed by atoms with Crippen LogP contribution < -0.4 is 10.9 Å². The Morgan fingerprint density at radius 2 is 1.66 bits per heavy atom. The number of pyridine rings is 1. The molecule has 0 saturated heterocycles. The molecule has 0 fully saturated rings. The molecule has 29 heavy (non-hydrogen) atoms. The third-order valence-corrected chi connectivity index (χ3v) is 5.01. The summed E-state index contributed by atoms with van der Waals surface area (Å²) < 4.78 is 3.23. The van der Waals surface area contributed by atoms with Gasteiger partial charge < -0.3 is 5.32 Å². The van der Waals surface area contributed by atoms with Crippen LogP contribution in [-0.2, 0) is 11.3 Å². The van der Waals surface area contributed by atoms with E-state index in [0.717, 1.165) is 33.6 Å². The zero-order valence-corrected chi connectivity index (χ0v) is 16.6. The second-order valence-corrected chi connectivity index (χ2v) is 7.15. The first-order chi connectivity index (χ1) is 14.0. The largest absolute Gasteiger partial charge is 0.324 e. The Balaban J connectivity index is 1.83. The Hall–Kier alpha value is -3.67. The summed E-state index contributed by atoms with van der Waals surface area (Å²) in [6.07, 6.45) is 0. The average Bonchev–Trinajstić information content (AvgIpc) is 3.05. The van der Waals surface area contributed by atoms with E-state index in [1.165, 1.54) is 4.57 Å². The molecule has 2 aromatic heterocycles. The first-order valence-corrected chi connectivity index (χ1v) is 9.46. The van der Waals surface area contributed by atoms with E-state index in [1.807, 2.05) is 75.4 Å². The monoisotopic (exact) mass is 386 g/mol. The fourth-order valence-corrected chi connectivity index (χ4v) is 3.61. The van der Waals surface area contributed by atoms with Crippen LogP contribution in [0.1, 0.15) is 16.8 Å². The number of para-hydroxylation sites is 2. The lowest BCUT2D eigenvalue weighted by Gasteiger charge is -2.13. The summed E-state index contributed by atoms with van der Waals surface area (Å²) in [7, 11) is 0. The summed E-state index contributed by atoms with van der Waals surface area (Å²) in [5.74, 6) is -0.259. The van der Waals surface area contributed by atoms with Gasteiger partial charge in [0.15, 0.2) is 0 Å². The van der Waals surface area contributed by atoms with Gasteiger partial charge in [0.05, 0.1) is 11.4 Å². The molecule has 6 nitrogen and oxygen atoms in total. The van der Waals surface area contributed by atoms with Crippen LogP contribution in [0.25, 0.3) is 16.7 Å². The van der Waals surface area contributed by atoms with E-state index in [2.05, 4.69) is 10.4 Å². The highest BCUT2D eigenvalue weighted by Crippen LogP contribution is 2.24. The maximum absolute atomic E-state index is 12.8. The van der Waals surface area contributed by atoms with Gasteiger partial charge >= 0.3 is 0 Å². The molecule has 2 aromatic carbocycles. The quantitative estimate of drug-likeness (QED) is 0.581. The summed E-state index contributed by atoms with van der Waals surface area (Å²) in [4.78, 5) is 25.6. The molecule has 0 saturated carbocycles. The number of hydrogen-bond acceptors (Lipinski definition) is 3. The van der Waals surface area contributed by atoms with E-state index in [0.29, 0.717) is 5.65 Å². The zero-order chi connectivity index (χ0) is 20.5. The predicted molar refractivity (Wildman–Crippen MR) is 115 cm³/mol. The molecule has 0 spiro atoms. The third kappa shape index (κ3) is 3.45. The highest BCUT2D eigenvalue weighted by Gasteiger charge is 2.18. The number of aromatic nitrogens is 3. The van der Waals surface area contributed by atoms with Gasteiger partial charge in [-0.1, -0.05) is 36.4 Å². The molecule has 0 aliphatic rings. The second-order valence-electron chi connectivity index (χ2n) is 7.15. The van der Waals surface area contributed by atoms with E-state index < -0.39 is 0 Å². The summed E-state index contributed by atoms with van der Waals surface area (Å²) in [6.45, 7) is 5.64. The van der Waals surface area contributed by atoms with Gasteiger partial charge in [-0.3, -0.25) is 14.2 Å². The molecule has 0 bridgehead atoms. The van der Waals surface area contributed by atoms with Gasteiger partial charge in [-0.05, 0) is 50.1 Å². The number of carbonyl (C=O) groups is 1. The Bertz CT molecular complexity index is 1270. The Kier molecular flexibility index (Phi) is 4.76. The lowest BCUT2D eigenvalue weighted by Crippen LogP contribution is -2.29. The molecule has 6 heteroatoms. The normalized spacial score (nSPS) is 11.0. The van der Waals surface area contributed by atoms with Gasteiger partial charge in [0.25, 0.3) is 5.56 Å². The Morgan fingerprint density at radius 3 is 2.38 bits per heavy atom. The van der Waals surface area contributed by atoms with E-state index >= 15 is 0 Å². The summed E-state index contributed by atoms with van der Waals surface area (Å²) >= 11 is 0. The number of anilines is 1. The van der Waals surface area contributed by atoms with E-state index in [9.17, 15) is 9.59 Å². The summed E-state index contributed by atoms with van der Waals surface area (Å²) in [5, 5.41) is 8.44. The maximum atomic E-state index is 12.8. The third-order valence-electron chi connectivity index (χ3n) is 5.01. The number of nitrogens with one attached hydrogen (secondary N) is 1. The van der Waals surface area contributed by atoms with Crippen LogP contribution in [0, 0.1) is 20.8 Å². The van der Waals surface area contributed by atoms with Gasteiger partial charge in [-0.15, -0.1) is 0 Å². The van der Waals surface area contributed by atoms with Gasteiger partial charge in [-0.25, -0.2) is 4.68 Å². The van der Waals surface area contributed by atoms with Crippen LogP contribution in [0.2, 0.25) is 0 Å². The lowest BCUT2D eigenvalue weighted by molar-refractivity contribution is -0.116. The minimum Gasteiger partial charge on any atom is -0.324 e. The van der Waals surface area contributed by atoms with Crippen LogP contribution in [0.3, 0.4) is 0 Å². The van der Waals surface area contributed by atoms with Crippen molar-refractivity contribution in [1.29, 1.82) is 0 Å². The van der Waals surface area contributed by atoms with Crippen molar-refractivity contribution < 1.29 is 4.79 Å². The van der Waals surface area contributed by atoms with Crippen LogP contribution in [0.5, 0.6) is 0 Å². The molecule has 1 amide bonds. The number of nitrogens with zero attached hydrogens (tertiary/aromatic N) is 3. The fraction of sp³-hybridized carbons (Fsp3) is 0.174. The molecule has 0 unspecified atom stereocenters. The molecular weight excluding hydrogens is 364 g/mol.